The summed E-state index contributed by atoms with van der Waals surface area (Å²) in [4.78, 5) is 0.609. The summed E-state index contributed by atoms with van der Waals surface area (Å²) < 4.78 is 12.6. The van der Waals surface area contributed by atoms with E-state index in [1.165, 1.54) is 0 Å². The normalized spacial score (nSPS) is 16.5. The maximum atomic E-state index is 12.6. The van der Waals surface area contributed by atoms with Crippen molar-refractivity contribution in [3.8, 4) is 6.07 Å². The van der Waals surface area contributed by atoms with Gasteiger partial charge in [-0.1, -0.05) is 48.0 Å². The van der Waals surface area contributed by atoms with Gasteiger partial charge in [0.2, 0.25) is 0 Å². The molecule has 0 saturated carbocycles. The Morgan fingerprint density at radius 1 is 1.14 bits per heavy atom. The second-order valence-corrected chi connectivity index (χ2v) is 6.77. The van der Waals surface area contributed by atoms with Gasteiger partial charge in [-0.3, -0.25) is 4.21 Å². The SMILES string of the molecule is Cc1ccc([S@](=O)[C@@H](C)[C@@](O)(C#N)c2ccccc2)cc1. The molecule has 0 aromatic heterocycles. The first-order chi connectivity index (χ1) is 9.99. The lowest BCUT2D eigenvalue weighted by atomic mass is 9.92. The van der Waals surface area contributed by atoms with Crippen LogP contribution in [0.1, 0.15) is 18.1 Å². The summed E-state index contributed by atoms with van der Waals surface area (Å²) in [6.07, 6.45) is 0. The van der Waals surface area contributed by atoms with E-state index in [-0.39, 0.29) is 0 Å². The minimum Gasteiger partial charge on any atom is -0.371 e. The molecule has 0 spiro atoms. The van der Waals surface area contributed by atoms with Gasteiger partial charge in [0.25, 0.3) is 0 Å². The topological polar surface area (TPSA) is 61.1 Å². The summed E-state index contributed by atoms with van der Waals surface area (Å²) in [5.74, 6) is 0. The van der Waals surface area contributed by atoms with E-state index in [0.29, 0.717) is 10.5 Å². The van der Waals surface area contributed by atoms with Gasteiger partial charge in [-0.25, -0.2) is 0 Å². The lowest BCUT2D eigenvalue weighted by molar-refractivity contribution is 0.0981. The number of nitrogens with zero attached hydrogens (tertiary/aromatic N) is 1. The van der Waals surface area contributed by atoms with Crippen LogP contribution in [-0.4, -0.2) is 14.6 Å². The monoisotopic (exact) mass is 299 g/mol. The fourth-order valence-electron chi connectivity index (χ4n) is 2.11. The summed E-state index contributed by atoms with van der Waals surface area (Å²) in [7, 11) is -1.48. The van der Waals surface area contributed by atoms with Crippen molar-refractivity contribution in [3.63, 3.8) is 0 Å². The van der Waals surface area contributed by atoms with Gasteiger partial charge in [-0.15, -0.1) is 0 Å². The van der Waals surface area contributed by atoms with Crippen LogP contribution in [0.4, 0.5) is 0 Å². The van der Waals surface area contributed by atoms with E-state index in [4.69, 9.17) is 0 Å². The third-order valence-electron chi connectivity index (χ3n) is 3.55. The predicted molar refractivity (Wildman–Crippen MR) is 83.0 cm³/mol. The Morgan fingerprint density at radius 2 is 1.71 bits per heavy atom. The molecule has 2 aromatic carbocycles. The average molecular weight is 299 g/mol. The van der Waals surface area contributed by atoms with Gasteiger partial charge in [0.05, 0.1) is 16.0 Å². The first-order valence-corrected chi connectivity index (χ1v) is 7.86. The van der Waals surface area contributed by atoms with Crippen LogP contribution in [0.3, 0.4) is 0 Å². The lowest BCUT2D eigenvalue weighted by Crippen LogP contribution is -2.39. The van der Waals surface area contributed by atoms with E-state index in [1.54, 1.807) is 43.3 Å². The molecule has 2 rings (SSSR count). The van der Waals surface area contributed by atoms with Crippen LogP contribution < -0.4 is 0 Å². The predicted octanol–water partition coefficient (Wildman–Crippen LogP) is 2.90. The van der Waals surface area contributed by atoms with Gasteiger partial charge >= 0.3 is 0 Å². The van der Waals surface area contributed by atoms with E-state index in [1.807, 2.05) is 31.2 Å². The van der Waals surface area contributed by atoms with Gasteiger partial charge in [-0.05, 0) is 31.5 Å². The van der Waals surface area contributed by atoms with Crippen molar-refractivity contribution in [1.29, 1.82) is 5.26 Å². The minimum absolute atomic E-state index is 0.459. The number of hydrogen-bond donors (Lipinski definition) is 1. The fourth-order valence-corrected chi connectivity index (χ4v) is 3.43. The van der Waals surface area contributed by atoms with Crippen molar-refractivity contribution in [3.05, 3.63) is 65.7 Å². The molecule has 0 bridgehead atoms. The van der Waals surface area contributed by atoms with Crippen LogP contribution in [0, 0.1) is 18.3 Å². The summed E-state index contributed by atoms with van der Waals surface area (Å²) >= 11 is 0. The third kappa shape index (κ3) is 3.05. The maximum absolute atomic E-state index is 12.6. The van der Waals surface area contributed by atoms with E-state index in [9.17, 15) is 14.6 Å². The smallest absolute Gasteiger partial charge is 0.191 e. The Morgan fingerprint density at radius 3 is 2.24 bits per heavy atom. The van der Waals surface area contributed by atoms with Crippen molar-refractivity contribution in [2.24, 2.45) is 0 Å². The van der Waals surface area contributed by atoms with Crippen LogP contribution >= 0.6 is 0 Å². The molecular formula is C17H17NO2S. The van der Waals surface area contributed by atoms with Crippen LogP contribution in [0.2, 0.25) is 0 Å². The fraction of sp³-hybridized carbons (Fsp3) is 0.235. The van der Waals surface area contributed by atoms with Crippen molar-refractivity contribution in [2.45, 2.75) is 29.6 Å². The molecule has 0 aliphatic carbocycles. The van der Waals surface area contributed by atoms with Gasteiger partial charge in [-0.2, -0.15) is 5.26 Å². The molecule has 0 unspecified atom stereocenters. The maximum Gasteiger partial charge on any atom is 0.191 e. The molecule has 0 radical (unpaired) electrons. The largest absolute Gasteiger partial charge is 0.371 e. The zero-order valence-corrected chi connectivity index (χ0v) is 12.8. The standard InChI is InChI=1S/C17H17NO2S/c1-13-8-10-16(11-9-13)21(20)14(2)17(19,12-18)15-6-4-3-5-7-15/h3-11,14,19H,1-2H3/t14-,17-,21+/m0/s1. The molecule has 3 nitrogen and oxygen atoms in total. The third-order valence-corrected chi connectivity index (χ3v) is 5.27. The molecule has 0 fully saturated rings. The minimum atomic E-state index is -1.78. The summed E-state index contributed by atoms with van der Waals surface area (Å²) in [6.45, 7) is 3.58. The highest BCUT2D eigenvalue weighted by atomic mass is 32.2. The van der Waals surface area contributed by atoms with Crippen LogP contribution in [-0.2, 0) is 16.4 Å². The Labute approximate surface area is 127 Å². The molecule has 2 aromatic rings. The summed E-state index contributed by atoms with van der Waals surface area (Å²) in [5, 5.41) is 19.4. The molecule has 3 atom stereocenters. The van der Waals surface area contributed by atoms with Crippen molar-refractivity contribution >= 4 is 10.8 Å². The zero-order valence-electron chi connectivity index (χ0n) is 12.0. The van der Waals surface area contributed by atoms with Crippen molar-refractivity contribution < 1.29 is 9.32 Å². The van der Waals surface area contributed by atoms with Gasteiger partial charge in [0.15, 0.2) is 5.60 Å². The van der Waals surface area contributed by atoms with E-state index >= 15 is 0 Å². The van der Waals surface area contributed by atoms with Crippen LogP contribution in [0.25, 0.3) is 0 Å². The molecule has 0 heterocycles. The molecule has 21 heavy (non-hydrogen) atoms. The van der Waals surface area contributed by atoms with E-state index in [2.05, 4.69) is 0 Å². The highest BCUT2D eigenvalue weighted by Gasteiger charge is 2.40. The Hall–Kier alpha value is -1.96. The molecule has 1 N–H and O–H groups in total. The number of aryl methyl sites for hydroxylation is 1. The highest BCUT2D eigenvalue weighted by molar-refractivity contribution is 7.85. The molecule has 4 heteroatoms. The molecular weight excluding hydrogens is 282 g/mol. The van der Waals surface area contributed by atoms with Gasteiger partial charge < -0.3 is 5.11 Å². The number of hydrogen-bond acceptors (Lipinski definition) is 3. The Kier molecular flexibility index (Phi) is 4.56. The first-order valence-electron chi connectivity index (χ1n) is 6.65. The van der Waals surface area contributed by atoms with Crippen molar-refractivity contribution in [2.75, 3.05) is 0 Å². The molecule has 0 saturated heterocycles. The second-order valence-electron chi connectivity index (χ2n) is 5.00. The van der Waals surface area contributed by atoms with Gasteiger partial charge in [0, 0.05) is 4.90 Å². The number of rotatable bonds is 4. The zero-order chi connectivity index (χ0) is 15.5. The summed E-state index contributed by atoms with van der Waals surface area (Å²) in [6, 6.07) is 17.8. The number of aliphatic hydroxyl groups is 1. The Balaban J connectivity index is 2.37. The van der Waals surface area contributed by atoms with Crippen molar-refractivity contribution in [1.82, 2.24) is 0 Å². The lowest BCUT2D eigenvalue weighted by Gasteiger charge is -2.27. The number of benzene rings is 2. The highest BCUT2D eigenvalue weighted by Crippen LogP contribution is 2.30. The molecule has 108 valence electrons. The molecule has 0 aliphatic rings. The van der Waals surface area contributed by atoms with E-state index < -0.39 is 21.7 Å². The quantitative estimate of drug-likeness (QED) is 0.883. The Bertz CT molecular complexity index is 676. The average Bonchev–Trinajstić information content (AvgIpc) is 2.54. The van der Waals surface area contributed by atoms with Crippen LogP contribution in [0.5, 0.6) is 0 Å². The molecule has 0 amide bonds. The summed E-state index contributed by atoms with van der Waals surface area (Å²) in [5.41, 5.74) is -0.251. The number of nitriles is 1. The van der Waals surface area contributed by atoms with E-state index in [0.717, 1.165) is 5.56 Å². The molecule has 0 aliphatic heterocycles. The second kappa shape index (κ2) is 6.21. The first kappa shape index (κ1) is 15.4. The van der Waals surface area contributed by atoms with Crippen LogP contribution in [0.15, 0.2) is 59.5 Å². The van der Waals surface area contributed by atoms with Gasteiger partial charge in [0.1, 0.15) is 6.07 Å².